The molecule has 4 rings (SSSR count). The molecule has 1 aliphatic rings. The van der Waals surface area contributed by atoms with Crippen LogP contribution in [0.5, 0.6) is 0 Å². The van der Waals surface area contributed by atoms with E-state index in [2.05, 4.69) is 30.3 Å². The van der Waals surface area contributed by atoms with Gasteiger partial charge in [0.25, 0.3) is 0 Å². The third-order valence-corrected chi connectivity index (χ3v) is 4.96. The first-order valence-corrected chi connectivity index (χ1v) is 7.80. The van der Waals surface area contributed by atoms with Gasteiger partial charge in [0.05, 0.1) is 5.38 Å². The van der Waals surface area contributed by atoms with E-state index in [1.165, 1.54) is 35.6 Å². The standard InChI is InChI=1S/C18H17ClO/c19-16(10-12-4-3-5-12)13-8-9-18-15(11-13)14-6-1-2-7-17(14)20-18/h1-2,6-9,11-12,16H,3-5,10H2. The fourth-order valence-corrected chi connectivity index (χ4v) is 3.48. The van der Waals surface area contributed by atoms with Gasteiger partial charge >= 0.3 is 0 Å². The summed E-state index contributed by atoms with van der Waals surface area (Å²) in [6, 6.07) is 14.6. The predicted molar refractivity (Wildman–Crippen MR) is 84.3 cm³/mol. The van der Waals surface area contributed by atoms with Crippen molar-refractivity contribution in [3.8, 4) is 0 Å². The van der Waals surface area contributed by atoms with Crippen LogP contribution in [0.2, 0.25) is 0 Å². The fraction of sp³-hybridized carbons (Fsp3) is 0.333. The summed E-state index contributed by atoms with van der Waals surface area (Å²) in [5.41, 5.74) is 3.12. The number of halogens is 1. The molecule has 102 valence electrons. The molecular formula is C18H17ClO. The molecule has 20 heavy (non-hydrogen) atoms. The van der Waals surface area contributed by atoms with Crippen LogP contribution in [-0.2, 0) is 0 Å². The first-order chi connectivity index (χ1) is 9.81. The van der Waals surface area contributed by atoms with E-state index in [1.807, 2.05) is 12.1 Å². The number of furan rings is 1. The molecule has 3 aromatic rings. The van der Waals surface area contributed by atoms with Crippen LogP contribution in [-0.4, -0.2) is 0 Å². The van der Waals surface area contributed by atoms with Gasteiger partial charge in [0.15, 0.2) is 0 Å². The Morgan fingerprint density at radius 3 is 2.65 bits per heavy atom. The molecule has 1 heterocycles. The number of para-hydroxylation sites is 1. The van der Waals surface area contributed by atoms with Crippen molar-refractivity contribution >= 4 is 33.5 Å². The Bertz CT molecular complexity index is 754. The van der Waals surface area contributed by atoms with Crippen molar-refractivity contribution < 1.29 is 4.42 Å². The van der Waals surface area contributed by atoms with E-state index in [1.54, 1.807) is 0 Å². The van der Waals surface area contributed by atoms with E-state index in [-0.39, 0.29) is 5.38 Å². The average molecular weight is 285 g/mol. The summed E-state index contributed by atoms with van der Waals surface area (Å²) in [6.45, 7) is 0. The minimum Gasteiger partial charge on any atom is -0.456 e. The van der Waals surface area contributed by atoms with Crippen molar-refractivity contribution in [2.24, 2.45) is 5.92 Å². The van der Waals surface area contributed by atoms with Crippen molar-refractivity contribution in [2.45, 2.75) is 31.1 Å². The molecule has 1 saturated carbocycles. The molecule has 0 spiro atoms. The van der Waals surface area contributed by atoms with Gasteiger partial charge in [0, 0.05) is 10.8 Å². The van der Waals surface area contributed by atoms with Gasteiger partial charge in [-0.25, -0.2) is 0 Å². The maximum atomic E-state index is 6.60. The van der Waals surface area contributed by atoms with E-state index < -0.39 is 0 Å². The van der Waals surface area contributed by atoms with E-state index in [0.29, 0.717) is 0 Å². The molecule has 0 aliphatic heterocycles. The Balaban J connectivity index is 1.74. The number of alkyl halides is 1. The molecule has 2 aromatic carbocycles. The normalized spacial score (nSPS) is 17.4. The third kappa shape index (κ3) is 2.01. The Kier molecular flexibility index (Phi) is 2.96. The number of benzene rings is 2. The van der Waals surface area contributed by atoms with E-state index in [0.717, 1.165) is 23.5 Å². The average Bonchev–Trinajstić information content (AvgIpc) is 2.80. The van der Waals surface area contributed by atoms with Gasteiger partial charge in [-0.15, -0.1) is 11.6 Å². The Hall–Kier alpha value is -1.47. The lowest BCUT2D eigenvalue weighted by molar-refractivity contribution is 0.293. The minimum absolute atomic E-state index is 0.123. The molecule has 1 unspecified atom stereocenters. The van der Waals surface area contributed by atoms with Crippen LogP contribution in [0.4, 0.5) is 0 Å². The zero-order valence-corrected chi connectivity index (χ0v) is 12.1. The van der Waals surface area contributed by atoms with Crippen molar-refractivity contribution in [1.29, 1.82) is 0 Å². The van der Waals surface area contributed by atoms with Gasteiger partial charge in [-0.3, -0.25) is 0 Å². The summed E-state index contributed by atoms with van der Waals surface area (Å²) in [6.07, 6.45) is 5.17. The molecule has 2 heteroatoms. The van der Waals surface area contributed by atoms with Crippen molar-refractivity contribution in [3.05, 3.63) is 48.0 Å². The highest BCUT2D eigenvalue weighted by molar-refractivity contribution is 6.21. The molecule has 0 N–H and O–H groups in total. The maximum absolute atomic E-state index is 6.60. The Labute approximate surface area is 123 Å². The van der Waals surface area contributed by atoms with Crippen LogP contribution >= 0.6 is 11.6 Å². The molecule has 1 atom stereocenters. The SMILES string of the molecule is ClC(CC1CCC1)c1ccc2oc3ccccc3c2c1. The summed E-state index contributed by atoms with van der Waals surface area (Å²) in [5, 5.41) is 2.48. The summed E-state index contributed by atoms with van der Waals surface area (Å²) < 4.78 is 5.86. The lowest BCUT2D eigenvalue weighted by Crippen LogP contribution is -2.12. The number of rotatable bonds is 3. The summed E-state index contributed by atoms with van der Waals surface area (Å²) in [7, 11) is 0. The number of fused-ring (bicyclic) bond motifs is 3. The summed E-state index contributed by atoms with van der Waals surface area (Å²) in [5.74, 6) is 0.828. The molecule has 1 fully saturated rings. The van der Waals surface area contributed by atoms with Crippen molar-refractivity contribution in [3.63, 3.8) is 0 Å². The first-order valence-electron chi connectivity index (χ1n) is 7.36. The quantitative estimate of drug-likeness (QED) is 0.533. The van der Waals surface area contributed by atoms with Gasteiger partial charge in [0.1, 0.15) is 11.2 Å². The second-order valence-corrected chi connectivity index (χ2v) is 6.38. The van der Waals surface area contributed by atoms with Gasteiger partial charge < -0.3 is 4.42 Å². The highest BCUT2D eigenvalue weighted by atomic mass is 35.5. The lowest BCUT2D eigenvalue weighted by Gasteiger charge is -2.27. The smallest absolute Gasteiger partial charge is 0.135 e. The summed E-state index contributed by atoms with van der Waals surface area (Å²) >= 11 is 6.60. The van der Waals surface area contributed by atoms with Gasteiger partial charge in [-0.05, 0) is 36.1 Å². The van der Waals surface area contributed by atoms with Crippen LogP contribution in [0.15, 0.2) is 46.9 Å². The molecule has 0 radical (unpaired) electrons. The monoisotopic (exact) mass is 284 g/mol. The highest BCUT2D eigenvalue weighted by Crippen LogP contribution is 2.39. The molecular weight excluding hydrogens is 268 g/mol. The fourth-order valence-electron chi connectivity index (χ4n) is 3.10. The molecule has 1 nitrogen and oxygen atoms in total. The van der Waals surface area contributed by atoms with Crippen LogP contribution in [0.25, 0.3) is 21.9 Å². The summed E-state index contributed by atoms with van der Waals surface area (Å²) in [4.78, 5) is 0. The van der Waals surface area contributed by atoms with Crippen LogP contribution < -0.4 is 0 Å². The predicted octanol–water partition coefficient (Wildman–Crippen LogP) is 6.06. The van der Waals surface area contributed by atoms with Gasteiger partial charge in [-0.1, -0.05) is 43.5 Å². The second-order valence-electron chi connectivity index (χ2n) is 5.85. The van der Waals surface area contributed by atoms with E-state index in [4.69, 9.17) is 16.0 Å². The largest absolute Gasteiger partial charge is 0.456 e. The van der Waals surface area contributed by atoms with Gasteiger partial charge in [0.2, 0.25) is 0 Å². The molecule has 0 saturated heterocycles. The topological polar surface area (TPSA) is 13.1 Å². The van der Waals surface area contributed by atoms with Crippen LogP contribution in [0.1, 0.15) is 36.6 Å². The maximum Gasteiger partial charge on any atom is 0.135 e. The first kappa shape index (κ1) is 12.3. The zero-order chi connectivity index (χ0) is 13.5. The number of hydrogen-bond acceptors (Lipinski definition) is 1. The van der Waals surface area contributed by atoms with Crippen LogP contribution in [0.3, 0.4) is 0 Å². The van der Waals surface area contributed by atoms with Crippen molar-refractivity contribution in [2.75, 3.05) is 0 Å². The van der Waals surface area contributed by atoms with E-state index in [9.17, 15) is 0 Å². The lowest BCUT2D eigenvalue weighted by atomic mass is 9.81. The Morgan fingerprint density at radius 1 is 1.05 bits per heavy atom. The second kappa shape index (κ2) is 4.82. The molecule has 1 aromatic heterocycles. The van der Waals surface area contributed by atoms with E-state index >= 15 is 0 Å². The van der Waals surface area contributed by atoms with Crippen molar-refractivity contribution in [1.82, 2.24) is 0 Å². The molecule has 0 bridgehead atoms. The third-order valence-electron chi connectivity index (χ3n) is 4.53. The molecule has 1 aliphatic carbocycles. The minimum atomic E-state index is 0.123. The highest BCUT2D eigenvalue weighted by Gasteiger charge is 2.22. The number of hydrogen-bond donors (Lipinski definition) is 0. The Morgan fingerprint density at radius 2 is 1.85 bits per heavy atom. The zero-order valence-electron chi connectivity index (χ0n) is 11.3. The van der Waals surface area contributed by atoms with Gasteiger partial charge in [-0.2, -0.15) is 0 Å². The molecule has 0 amide bonds. The van der Waals surface area contributed by atoms with Crippen LogP contribution in [0, 0.1) is 5.92 Å².